The third-order valence-corrected chi connectivity index (χ3v) is 3.57. The average molecular weight is 267 g/mol. The van der Waals surface area contributed by atoms with Gasteiger partial charge in [-0.1, -0.05) is 11.6 Å². The van der Waals surface area contributed by atoms with Crippen LogP contribution in [0.4, 0.5) is 0 Å². The fourth-order valence-electron chi connectivity index (χ4n) is 2.29. The second-order valence-electron chi connectivity index (χ2n) is 4.72. The Morgan fingerprint density at radius 3 is 2.79 bits per heavy atom. The molecule has 0 radical (unpaired) electrons. The van der Waals surface area contributed by atoms with Crippen molar-refractivity contribution in [1.82, 2.24) is 15.0 Å². The van der Waals surface area contributed by atoms with Gasteiger partial charge < -0.3 is 9.47 Å². The molecule has 1 aromatic rings. The summed E-state index contributed by atoms with van der Waals surface area (Å²) >= 11 is 0. The highest BCUT2D eigenvalue weighted by Gasteiger charge is 2.49. The molecule has 1 aromatic heterocycles. The van der Waals surface area contributed by atoms with Crippen molar-refractivity contribution in [2.75, 3.05) is 19.8 Å². The van der Waals surface area contributed by atoms with E-state index in [1.807, 2.05) is 20.0 Å². The Kier molecular flexibility index (Phi) is 4.52. The predicted molar refractivity (Wildman–Crippen MR) is 68.7 cm³/mol. The van der Waals surface area contributed by atoms with Crippen LogP contribution in [0, 0.1) is 0 Å². The second kappa shape index (κ2) is 6.14. The summed E-state index contributed by atoms with van der Waals surface area (Å²) in [6, 6.07) is 0. The summed E-state index contributed by atoms with van der Waals surface area (Å²) in [7, 11) is 0. The molecule has 1 saturated carbocycles. The first kappa shape index (κ1) is 14.0. The Morgan fingerprint density at radius 2 is 2.21 bits per heavy atom. The van der Waals surface area contributed by atoms with E-state index in [0.29, 0.717) is 26.4 Å². The summed E-state index contributed by atoms with van der Waals surface area (Å²) in [5, 5.41) is 8.21. The van der Waals surface area contributed by atoms with Gasteiger partial charge in [0.05, 0.1) is 25.5 Å². The fraction of sp³-hybridized carbons (Fsp3) is 0.769. The summed E-state index contributed by atoms with van der Waals surface area (Å²) in [6.07, 6.45) is 4.48. The first-order chi connectivity index (χ1) is 9.23. The van der Waals surface area contributed by atoms with E-state index >= 15 is 0 Å². The van der Waals surface area contributed by atoms with Crippen LogP contribution in [0.15, 0.2) is 6.20 Å². The molecule has 0 saturated heterocycles. The Balaban J connectivity index is 2.05. The van der Waals surface area contributed by atoms with Crippen LogP contribution >= 0.6 is 0 Å². The van der Waals surface area contributed by atoms with Gasteiger partial charge in [-0.15, -0.1) is 5.10 Å². The highest BCUT2D eigenvalue weighted by molar-refractivity contribution is 5.83. The molecule has 2 rings (SSSR count). The lowest BCUT2D eigenvalue weighted by molar-refractivity contribution is -0.154. The Hall–Kier alpha value is -1.43. The minimum absolute atomic E-state index is 0.168. The topological polar surface area (TPSA) is 66.2 Å². The molecule has 6 heteroatoms. The maximum Gasteiger partial charge on any atom is 0.318 e. The number of hydrogen-bond donors (Lipinski definition) is 0. The molecule has 1 heterocycles. The minimum Gasteiger partial charge on any atom is -0.465 e. The molecule has 1 aliphatic carbocycles. The number of esters is 1. The lowest BCUT2D eigenvalue weighted by atomic mass is 9.67. The number of aromatic nitrogens is 3. The quantitative estimate of drug-likeness (QED) is 0.550. The second-order valence-corrected chi connectivity index (χ2v) is 4.72. The molecular weight excluding hydrogens is 246 g/mol. The Bertz CT molecular complexity index is 427. The first-order valence-electron chi connectivity index (χ1n) is 6.88. The molecule has 1 aliphatic rings. The van der Waals surface area contributed by atoms with Gasteiger partial charge in [-0.05, 0) is 26.7 Å². The standard InChI is InChI=1S/C13H21N3O3/c1-3-18-9-8-16-10-11(14-15-16)13(6-5-7-13)12(17)19-4-2/h10H,3-9H2,1-2H3. The summed E-state index contributed by atoms with van der Waals surface area (Å²) in [5.41, 5.74) is 0.175. The molecule has 0 aromatic carbocycles. The minimum atomic E-state index is -0.556. The zero-order valence-corrected chi connectivity index (χ0v) is 11.6. The van der Waals surface area contributed by atoms with Gasteiger partial charge in [-0.25, -0.2) is 4.68 Å². The molecule has 6 nitrogen and oxygen atoms in total. The first-order valence-corrected chi connectivity index (χ1v) is 6.88. The molecule has 0 bridgehead atoms. The molecule has 0 N–H and O–H groups in total. The molecule has 0 amide bonds. The van der Waals surface area contributed by atoms with Gasteiger partial charge in [-0.2, -0.15) is 0 Å². The van der Waals surface area contributed by atoms with Crippen molar-refractivity contribution >= 4 is 5.97 Å². The molecule has 0 aliphatic heterocycles. The summed E-state index contributed by atoms with van der Waals surface area (Å²) in [5.74, 6) is -0.168. The van der Waals surface area contributed by atoms with Gasteiger partial charge in [0.25, 0.3) is 0 Å². The van der Waals surface area contributed by atoms with Crippen LogP contribution in [0.2, 0.25) is 0 Å². The van der Waals surface area contributed by atoms with Crippen LogP contribution in [0.3, 0.4) is 0 Å². The molecule has 0 spiro atoms. The van der Waals surface area contributed by atoms with Crippen LogP contribution in [0.1, 0.15) is 38.8 Å². The van der Waals surface area contributed by atoms with Crippen molar-refractivity contribution in [2.45, 2.75) is 45.1 Å². The lowest BCUT2D eigenvalue weighted by Gasteiger charge is -2.37. The van der Waals surface area contributed by atoms with Crippen LogP contribution in [0.25, 0.3) is 0 Å². The van der Waals surface area contributed by atoms with Gasteiger partial charge in [0.2, 0.25) is 0 Å². The maximum absolute atomic E-state index is 12.1. The number of nitrogens with zero attached hydrogens (tertiary/aromatic N) is 3. The van der Waals surface area contributed by atoms with Gasteiger partial charge in [0.15, 0.2) is 0 Å². The third kappa shape index (κ3) is 2.78. The summed E-state index contributed by atoms with van der Waals surface area (Å²) in [6.45, 7) is 6.12. The monoisotopic (exact) mass is 267 g/mol. The van der Waals surface area contributed by atoms with Crippen molar-refractivity contribution in [1.29, 1.82) is 0 Å². The van der Waals surface area contributed by atoms with E-state index in [9.17, 15) is 4.79 Å². The Labute approximate surface area is 113 Å². The number of hydrogen-bond acceptors (Lipinski definition) is 5. The molecule has 0 atom stereocenters. The van der Waals surface area contributed by atoms with E-state index in [2.05, 4.69) is 10.3 Å². The maximum atomic E-state index is 12.1. The van der Waals surface area contributed by atoms with Crippen molar-refractivity contribution in [3.05, 3.63) is 11.9 Å². The van der Waals surface area contributed by atoms with E-state index in [0.717, 1.165) is 25.0 Å². The van der Waals surface area contributed by atoms with E-state index in [4.69, 9.17) is 9.47 Å². The lowest BCUT2D eigenvalue weighted by Crippen LogP contribution is -2.44. The zero-order valence-electron chi connectivity index (χ0n) is 11.6. The summed E-state index contributed by atoms with van der Waals surface area (Å²) in [4.78, 5) is 12.1. The van der Waals surface area contributed by atoms with Crippen LogP contribution in [0.5, 0.6) is 0 Å². The van der Waals surface area contributed by atoms with Gasteiger partial charge in [0.1, 0.15) is 5.41 Å². The zero-order chi connectivity index (χ0) is 13.7. The molecule has 106 valence electrons. The smallest absolute Gasteiger partial charge is 0.318 e. The molecular formula is C13H21N3O3. The van der Waals surface area contributed by atoms with Crippen molar-refractivity contribution in [2.24, 2.45) is 0 Å². The van der Waals surface area contributed by atoms with Crippen LogP contribution in [-0.2, 0) is 26.2 Å². The van der Waals surface area contributed by atoms with Gasteiger partial charge in [-0.3, -0.25) is 4.79 Å². The van der Waals surface area contributed by atoms with E-state index in [1.54, 1.807) is 4.68 Å². The van der Waals surface area contributed by atoms with Crippen LogP contribution in [-0.4, -0.2) is 40.8 Å². The fourth-order valence-corrected chi connectivity index (χ4v) is 2.29. The van der Waals surface area contributed by atoms with Crippen molar-refractivity contribution < 1.29 is 14.3 Å². The third-order valence-electron chi connectivity index (χ3n) is 3.57. The number of ether oxygens (including phenoxy) is 2. The molecule has 19 heavy (non-hydrogen) atoms. The highest BCUT2D eigenvalue weighted by Crippen LogP contribution is 2.43. The van der Waals surface area contributed by atoms with Crippen LogP contribution < -0.4 is 0 Å². The molecule has 0 unspecified atom stereocenters. The van der Waals surface area contributed by atoms with Gasteiger partial charge >= 0.3 is 5.97 Å². The van der Waals surface area contributed by atoms with E-state index in [-0.39, 0.29) is 5.97 Å². The normalized spacial score (nSPS) is 16.9. The largest absolute Gasteiger partial charge is 0.465 e. The predicted octanol–water partition coefficient (Wildman–Crippen LogP) is 1.30. The number of carbonyl (C=O) groups is 1. The van der Waals surface area contributed by atoms with Crippen molar-refractivity contribution in [3.8, 4) is 0 Å². The van der Waals surface area contributed by atoms with Gasteiger partial charge in [0, 0.05) is 12.8 Å². The number of carbonyl (C=O) groups excluding carboxylic acids is 1. The van der Waals surface area contributed by atoms with E-state index in [1.165, 1.54) is 0 Å². The molecule has 1 fully saturated rings. The number of rotatable bonds is 7. The van der Waals surface area contributed by atoms with E-state index < -0.39 is 5.41 Å². The summed E-state index contributed by atoms with van der Waals surface area (Å²) < 4.78 is 12.2. The highest BCUT2D eigenvalue weighted by atomic mass is 16.5. The Morgan fingerprint density at radius 1 is 1.42 bits per heavy atom. The SMILES string of the molecule is CCOCCn1cc(C2(C(=O)OCC)CCC2)nn1. The van der Waals surface area contributed by atoms with Crippen molar-refractivity contribution in [3.63, 3.8) is 0 Å². The average Bonchev–Trinajstić information content (AvgIpc) is 2.77.